The first-order valence-corrected chi connectivity index (χ1v) is 8.39. The molecule has 1 aromatic carbocycles. The zero-order valence-corrected chi connectivity index (χ0v) is 12.1. The normalized spacial score (nSPS) is 11.8. The van der Waals surface area contributed by atoms with Crippen LogP contribution < -0.4 is 4.72 Å². The van der Waals surface area contributed by atoms with Gasteiger partial charge in [-0.05, 0) is 25.1 Å². The van der Waals surface area contributed by atoms with Crippen LogP contribution in [0, 0.1) is 6.92 Å². The number of nitrogens with one attached hydrogen (secondary N) is 1. The number of hydrogen-bond acceptors (Lipinski definition) is 7. The second-order valence-electron chi connectivity index (χ2n) is 3.73. The average molecular weight is 312 g/mol. The molecule has 0 aliphatic heterocycles. The molecular weight excluding hydrogens is 304 g/mol. The molecule has 19 heavy (non-hydrogen) atoms. The third kappa shape index (κ3) is 2.44. The first-order valence-electron chi connectivity index (χ1n) is 5.21. The van der Waals surface area contributed by atoms with Crippen LogP contribution in [-0.4, -0.2) is 23.6 Å². The zero-order valence-electron chi connectivity index (χ0n) is 9.69. The SMILES string of the molecule is Cc1nnc(S(=O)(=O)Nc2ccc3ncsc3c2)s1. The van der Waals surface area contributed by atoms with Gasteiger partial charge in [-0.25, -0.2) is 4.98 Å². The molecule has 0 amide bonds. The number of aromatic nitrogens is 3. The molecular formula is C10H8N4O2S3. The Bertz CT molecular complexity index is 837. The molecule has 0 aliphatic rings. The molecule has 0 bridgehead atoms. The Morgan fingerprint density at radius 3 is 2.84 bits per heavy atom. The summed E-state index contributed by atoms with van der Waals surface area (Å²) in [5, 5.41) is 7.96. The Labute approximate surface area is 117 Å². The monoisotopic (exact) mass is 312 g/mol. The van der Waals surface area contributed by atoms with Crippen LogP contribution in [-0.2, 0) is 10.0 Å². The van der Waals surface area contributed by atoms with Gasteiger partial charge >= 0.3 is 0 Å². The number of anilines is 1. The minimum absolute atomic E-state index is 0.0330. The lowest BCUT2D eigenvalue weighted by molar-refractivity contribution is 0.599. The van der Waals surface area contributed by atoms with Gasteiger partial charge in [-0.15, -0.1) is 21.5 Å². The van der Waals surface area contributed by atoms with Gasteiger partial charge in [0, 0.05) is 0 Å². The van der Waals surface area contributed by atoms with E-state index in [4.69, 9.17) is 0 Å². The fourth-order valence-corrected chi connectivity index (χ4v) is 4.24. The first kappa shape index (κ1) is 12.5. The Morgan fingerprint density at radius 2 is 2.11 bits per heavy atom. The van der Waals surface area contributed by atoms with E-state index >= 15 is 0 Å². The van der Waals surface area contributed by atoms with E-state index in [0.29, 0.717) is 10.7 Å². The van der Waals surface area contributed by atoms with Crippen LogP contribution in [0.25, 0.3) is 10.2 Å². The highest BCUT2D eigenvalue weighted by Gasteiger charge is 2.19. The van der Waals surface area contributed by atoms with Crippen LogP contribution in [0.2, 0.25) is 0 Å². The zero-order chi connectivity index (χ0) is 13.5. The molecule has 2 aromatic heterocycles. The predicted molar refractivity (Wildman–Crippen MR) is 75.1 cm³/mol. The number of rotatable bonds is 3. The minimum Gasteiger partial charge on any atom is -0.278 e. The van der Waals surface area contributed by atoms with E-state index in [2.05, 4.69) is 19.9 Å². The van der Waals surface area contributed by atoms with Crippen molar-refractivity contribution in [2.24, 2.45) is 0 Å². The maximum absolute atomic E-state index is 12.1. The number of nitrogens with zero attached hydrogens (tertiary/aromatic N) is 3. The van der Waals surface area contributed by atoms with Gasteiger partial charge in [0.1, 0.15) is 5.01 Å². The van der Waals surface area contributed by atoms with Gasteiger partial charge in [0.25, 0.3) is 14.4 Å². The van der Waals surface area contributed by atoms with Crippen molar-refractivity contribution < 1.29 is 8.42 Å². The van der Waals surface area contributed by atoms with Gasteiger partial charge in [-0.2, -0.15) is 8.42 Å². The number of fused-ring (bicyclic) bond motifs is 1. The summed E-state index contributed by atoms with van der Waals surface area (Å²) in [6.45, 7) is 1.71. The van der Waals surface area contributed by atoms with Crippen molar-refractivity contribution in [1.82, 2.24) is 15.2 Å². The second-order valence-corrected chi connectivity index (χ2v) is 7.65. The highest BCUT2D eigenvalue weighted by atomic mass is 32.2. The molecule has 0 atom stereocenters. The molecule has 0 fully saturated rings. The van der Waals surface area contributed by atoms with Crippen molar-refractivity contribution in [3.8, 4) is 0 Å². The third-order valence-corrected chi connectivity index (χ3v) is 5.70. The Balaban J connectivity index is 1.95. The van der Waals surface area contributed by atoms with Crippen LogP contribution in [0.3, 0.4) is 0 Å². The number of thiazole rings is 1. The highest BCUT2D eigenvalue weighted by molar-refractivity contribution is 7.94. The molecule has 3 aromatic rings. The summed E-state index contributed by atoms with van der Waals surface area (Å²) in [5.74, 6) is 0. The molecule has 6 nitrogen and oxygen atoms in total. The van der Waals surface area contributed by atoms with E-state index in [1.165, 1.54) is 11.3 Å². The smallest absolute Gasteiger partial charge is 0.278 e. The molecule has 0 spiro atoms. The van der Waals surface area contributed by atoms with Crippen molar-refractivity contribution in [3.05, 3.63) is 28.7 Å². The van der Waals surface area contributed by atoms with Crippen molar-refractivity contribution in [3.63, 3.8) is 0 Å². The molecule has 2 heterocycles. The van der Waals surface area contributed by atoms with Crippen LogP contribution in [0.5, 0.6) is 0 Å². The Hall–Kier alpha value is -1.58. The maximum Gasteiger partial charge on any atom is 0.291 e. The molecule has 0 saturated carbocycles. The Morgan fingerprint density at radius 1 is 1.26 bits per heavy atom. The number of aryl methyl sites for hydroxylation is 1. The molecule has 0 saturated heterocycles. The van der Waals surface area contributed by atoms with Gasteiger partial charge in [0.05, 0.1) is 21.4 Å². The summed E-state index contributed by atoms with van der Waals surface area (Å²) < 4.78 is 27.5. The third-order valence-electron chi connectivity index (χ3n) is 2.32. The molecule has 3 rings (SSSR count). The van der Waals surface area contributed by atoms with Gasteiger partial charge in [-0.3, -0.25) is 4.72 Å². The van der Waals surface area contributed by atoms with Gasteiger partial charge < -0.3 is 0 Å². The summed E-state index contributed by atoms with van der Waals surface area (Å²) >= 11 is 2.49. The summed E-state index contributed by atoms with van der Waals surface area (Å²) in [4.78, 5) is 4.14. The van der Waals surface area contributed by atoms with Crippen LogP contribution in [0.15, 0.2) is 28.0 Å². The fourth-order valence-electron chi connectivity index (χ4n) is 1.50. The summed E-state index contributed by atoms with van der Waals surface area (Å²) in [5.41, 5.74) is 3.06. The number of sulfonamides is 1. The van der Waals surface area contributed by atoms with Crippen LogP contribution >= 0.6 is 22.7 Å². The average Bonchev–Trinajstić information content (AvgIpc) is 2.96. The molecule has 0 aliphatic carbocycles. The van der Waals surface area contributed by atoms with E-state index in [-0.39, 0.29) is 4.34 Å². The summed E-state index contributed by atoms with van der Waals surface area (Å²) in [6.07, 6.45) is 0. The number of benzene rings is 1. The van der Waals surface area contributed by atoms with Crippen molar-refractivity contribution >= 4 is 48.6 Å². The largest absolute Gasteiger partial charge is 0.291 e. The standard InChI is InChI=1S/C10H8N4O2S3/c1-6-12-13-10(18-6)19(15,16)14-7-2-3-8-9(4-7)17-5-11-8/h2-5,14H,1H3. The summed E-state index contributed by atoms with van der Waals surface area (Å²) in [7, 11) is -3.67. The molecule has 0 unspecified atom stereocenters. The Kier molecular flexibility index (Phi) is 2.96. The lowest BCUT2D eigenvalue weighted by Gasteiger charge is -2.04. The quantitative estimate of drug-likeness (QED) is 0.802. The topological polar surface area (TPSA) is 84.8 Å². The van der Waals surface area contributed by atoms with Crippen molar-refractivity contribution in [2.75, 3.05) is 4.72 Å². The van der Waals surface area contributed by atoms with Crippen molar-refractivity contribution in [2.45, 2.75) is 11.3 Å². The molecule has 0 radical (unpaired) electrons. The van der Waals surface area contributed by atoms with Gasteiger partial charge in [0.2, 0.25) is 0 Å². The maximum atomic E-state index is 12.1. The molecule has 98 valence electrons. The van der Waals surface area contributed by atoms with E-state index in [1.54, 1.807) is 30.6 Å². The van der Waals surface area contributed by atoms with E-state index in [1.807, 2.05) is 0 Å². The lowest BCUT2D eigenvalue weighted by atomic mass is 10.3. The second kappa shape index (κ2) is 4.51. The van der Waals surface area contributed by atoms with Crippen LogP contribution in [0.4, 0.5) is 5.69 Å². The van der Waals surface area contributed by atoms with E-state index in [0.717, 1.165) is 21.6 Å². The van der Waals surface area contributed by atoms with Crippen molar-refractivity contribution in [1.29, 1.82) is 0 Å². The molecule has 1 N–H and O–H groups in total. The minimum atomic E-state index is -3.67. The van der Waals surface area contributed by atoms with Gasteiger partial charge in [0.15, 0.2) is 0 Å². The summed E-state index contributed by atoms with van der Waals surface area (Å²) in [6, 6.07) is 5.20. The van der Waals surface area contributed by atoms with Gasteiger partial charge in [-0.1, -0.05) is 11.3 Å². The van der Waals surface area contributed by atoms with E-state index < -0.39 is 10.0 Å². The first-order chi connectivity index (χ1) is 9.04. The predicted octanol–water partition coefficient (Wildman–Crippen LogP) is 2.26. The van der Waals surface area contributed by atoms with E-state index in [9.17, 15) is 8.42 Å². The molecule has 9 heteroatoms. The number of hydrogen-bond donors (Lipinski definition) is 1. The highest BCUT2D eigenvalue weighted by Crippen LogP contribution is 2.24. The lowest BCUT2D eigenvalue weighted by Crippen LogP contribution is -2.12. The fraction of sp³-hybridized carbons (Fsp3) is 0.100. The van der Waals surface area contributed by atoms with Crippen LogP contribution in [0.1, 0.15) is 5.01 Å².